The Morgan fingerprint density at radius 1 is 1.26 bits per heavy atom. The van der Waals surface area contributed by atoms with E-state index in [1.165, 1.54) is 11.3 Å². The number of likely N-dealkylation sites (tertiary alicyclic amines) is 1. The summed E-state index contributed by atoms with van der Waals surface area (Å²) in [5.74, 6) is -5.29. The summed E-state index contributed by atoms with van der Waals surface area (Å²) in [7, 11) is 0. The Morgan fingerprint density at radius 2 is 1.93 bits per heavy atom. The highest BCUT2D eigenvalue weighted by Crippen LogP contribution is 2.38. The van der Waals surface area contributed by atoms with Crippen molar-refractivity contribution in [3.05, 3.63) is 35.3 Å². The number of thiazole rings is 1. The molecule has 1 aromatic heterocycles. The Bertz CT molecular complexity index is 851. The zero-order chi connectivity index (χ0) is 19.8. The average molecular weight is 399 g/mol. The summed E-state index contributed by atoms with van der Waals surface area (Å²) in [6, 6.07) is 5.98. The lowest BCUT2D eigenvalue weighted by atomic mass is 9.96. The minimum absolute atomic E-state index is 0.402. The highest BCUT2D eigenvalue weighted by atomic mass is 32.1. The molecule has 1 aliphatic heterocycles. The number of halogens is 3. The first kappa shape index (κ1) is 19.2. The van der Waals surface area contributed by atoms with Crippen LogP contribution >= 0.6 is 11.3 Å². The lowest BCUT2D eigenvalue weighted by Gasteiger charge is -2.18. The minimum Gasteiger partial charge on any atom is -0.481 e. The van der Waals surface area contributed by atoms with Crippen molar-refractivity contribution in [2.24, 2.45) is 11.8 Å². The summed E-state index contributed by atoms with van der Waals surface area (Å²) in [6.45, 7) is 0.716. The van der Waals surface area contributed by atoms with E-state index in [-0.39, 0.29) is 0 Å². The topological polar surface area (TPSA) is 82.5 Å². The number of nitrogens with one attached hydrogen (secondary N) is 1. The van der Waals surface area contributed by atoms with E-state index in [4.69, 9.17) is 5.11 Å². The summed E-state index contributed by atoms with van der Waals surface area (Å²) in [5, 5.41) is 14.3. The molecule has 0 unspecified atom stereocenters. The van der Waals surface area contributed by atoms with E-state index >= 15 is 0 Å². The van der Waals surface area contributed by atoms with Gasteiger partial charge in [-0.15, -0.1) is 11.3 Å². The Kier molecular flexibility index (Phi) is 5.09. The van der Waals surface area contributed by atoms with E-state index in [9.17, 15) is 22.8 Å². The molecule has 0 aliphatic carbocycles. The molecule has 2 aromatic rings. The van der Waals surface area contributed by atoms with Gasteiger partial charge in [-0.2, -0.15) is 13.2 Å². The molecule has 2 heterocycles. The predicted molar refractivity (Wildman–Crippen MR) is 93.5 cm³/mol. The predicted octanol–water partition coefficient (Wildman–Crippen LogP) is 3.85. The van der Waals surface area contributed by atoms with Crippen molar-refractivity contribution in [1.29, 1.82) is 0 Å². The fourth-order valence-electron chi connectivity index (χ4n) is 2.94. The van der Waals surface area contributed by atoms with Crippen LogP contribution in [-0.2, 0) is 4.79 Å². The third-order valence-corrected chi connectivity index (χ3v) is 5.36. The second-order valence-electron chi connectivity index (χ2n) is 6.30. The quantitative estimate of drug-likeness (QED) is 0.822. The standard InChI is InChI=1S/C17H16F3N3O3S/c1-9-8-27-14(21-9)10-2-4-11(5-3-10)22-16(26)23-6-12(15(24)25)13(7-23)17(18,19)20/h2-5,8,12-13H,6-7H2,1H3,(H,22,26)(H,24,25)/t12-,13-/m1/s1. The maximum atomic E-state index is 13.0. The number of aryl methyl sites for hydroxylation is 1. The number of amides is 2. The van der Waals surface area contributed by atoms with E-state index in [2.05, 4.69) is 10.3 Å². The maximum Gasteiger partial charge on any atom is 0.394 e. The fourth-order valence-corrected chi connectivity index (χ4v) is 3.74. The van der Waals surface area contributed by atoms with Crippen LogP contribution in [0.2, 0.25) is 0 Å². The number of benzene rings is 1. The van der Waals surface area contributed by atoms with E-state index in [1.807, 2.05) is 12.3 Å². The minimum atomic E-state index is -4.68. The number of carboxylic acids is 1. The van der Waals surface area contributed by atoms with Gasteiger partial charge in [0.15, 0.2) is 0 Å². The number of aliphatic carboxylic acids is 1. The smallest absolute Gasteiger partial charge is 0.394 e. The number of nitrogens with zero attached hydrogens (tertiary/aromatic N) is 2. The Balaban J connectivity index is 1.67. The molecule has 0 spiro atoms. The number of aromatic nitrogens is 1. The number of carbonyl (C=O) groups is 2. The molecule has 3 rings (SSSR count). The van der Waals surface area contributed by atoms with Crippen molar-refractivity contribution in [2.45, 2.75) is 13.1 Å². The SMILES string of the molecule is Cc1csc(-c2ccc(NC(=O)N3C[C@@H](C(F)(F)F)[C@H](C(=O)O)C3)cc2)n1. The molecular weight excluding hydrogens is 383 g/mol. The number of rotatable bonds is 3. The van der Waals surface area contributed by atoms with Gasteiger partial charge in [0.2, 0.25) is 0 Å². The molecule has 0 radical (unpaired) electrons. The first-order chi connectivity index (χ1) is 12.6. The number of carboxylic acid groups (broad SMARTS) is 1. The number of urea groups is 1. The van der Waals surface area contributed by atoms with Crippen molar-refractivity contribution >= 4 is 29.0 Å². The average Bonchev–Trinajstić information content (AvgIpc) is 3.22. The molecule has 1 aromatic carbocycles. The third kappa shape index (κ3) is 4.21. The van der Waals surface area contributed by atoms with Crippen LogP contribution in [0.25, 0.3) is 10.6 Å². The Morgan fingerprint density at radius 3 is 2.41 bits per heavy atom. The van der Waals surface area contributed by atoms with Crippen molar-refractivity contribution in [1.82, 2.24) is 9.88 Å². The van der Waals surface area contributed by atoms with Crippen LogP contribution in [-0.4, -0.2) is 46.3 Å². The van der Waals surface area contributed by atoms with Crippen molar-refractivity contribution in [2.75, 3.05) is 18.4 Å². The molecular formula is C17H16F3N3O3S. The molecule has 144 valence electrons. The summed E-state index contributed by atoms with van der Waals surface area (Å²) in [5.41, 5.74) is 2.16. The van der Waals surface area contributed by atoms with Crippen LogP contribution in [0.4, 0.5) is 23.7 Å². The lowest BCUT2D eigenvalue weighted by molar-refractivity contribution is -0.187. The van der Waals surface area contributed by atoms with Gasteiger partial charge in [-0.05, 0) is 31.2 Å². The molecule has 2 amide bonds. The molecule has 10 heteroatoms. The number of hydrogen-bond acceptors (Lipinski definition) is 4. The Hall–Kier alpha value is -2.62. The van der Waals surface area contributed by atoms with Crippen LogP contribution in [0, 0.1) is 18.8 Å². The highest BCUT2D eigenvalue weighted by Gasteiger charge is 2.53. The van der Waals surface area contributed by atoms with Gasteiger partial charge in [0, 0.05) is 35.4 Å². The first-order valence-electron chi connectivity index (χ1n) is 8.03. The molecule has 0 bridgehead atoms. The maximum absolute atomic E-state index is 13.0. The summed E-state index contributed by atoms with van der Waals surface area (Å²) < 4.78 is 39.0. The van der Waals surface area contributed by atoms with Crippen molar-refractivity contribution in [3.8, 4) is 10.6 Å². The van der Waals surface area contributed by atoms with Gasteiger partial charge < -0.3 is 15.3 Å². The third-order valence-electron chi connectivity index (χ3n) is 4.35. The molecule has 1 fully saturated rings. The zero-order valence-corrected chi connectivity index (χ0v) is 15.0. The molecule has 2 N–H and O–H groups in total. The Labute approximate surface area is 156 Å². The van der Waals surface area contributed by atoms with Crippen molar-refractivity contribution in [3.63, 3.8) is 0 Å². The van der Waals surface area contributed by atoms with Gasteiger partial charge in [-0.25, -0.2) is 9.78 Å². The van der Waals surface area contributed by atoms with Gasteiger partial charge >= 0.3 is 18.2 Å². The van der Waals surface area contributed by atoms with Crippen molar-refractivity contribution < 1.29 is 27.9 Å². The second kappa shape index (κ2) is 7.18. The van der Waals surface area contributed by atoms with Gasteiger partial charge in [-0.3, -0.25) is 4.79 Å². The van der Waals surface area contributed by atoms with Crippen LogP contribution < -0.4 is 5.32 Å². The largest absolute Gasteiger partial charge is 0.481 e. The van der Waals surface area contributed by atoms with Crippen LogP contribution in [0.5, 0.6) is 0 Å². The molecule has 27 heavy (non-hydrogen) atoms. The van der Waals surface area contributed by atoms with E-state index in [1.54, 1.807) is 24.3 Å². The second-order valence-corrected chi connectivity index (χ2v) is 7.16. The monoisotopic (exact) mass is 399 g/mol. The molecule has 6 nitrogen and oxygen atoms in total. The normalized spacial score (nSPS) is 19.9. The zero-order valence-electron chi connectivity index (χ0n) is 14.2. The van der Waals surface area contributed by atoms with E-state index < -0.39 is 43.1 Å². The van der Waals surface area contributed by atoms with Gasteiger partial charge in [0.05, 0.1) is 11.8 Å². The lowest BCUT2D eigenvalue weighted by Crippen LogP contribution is -2.35. The highest BCUT2D eigenvalue weighted by molar-refractivity contribution is 7.13. The van der Waals surface area contributed by atoms with Crippen LogP contribution in [0.15, 0.2) is 29.6 Å². The van der Waals surface area contributed by atoms with Crippen LogP contribution in [0.1, 0.15) is 5.69 Å². The summed E-state index contributed by atoms with van der Waals surface area (Å²) in [4.78, 5) is 28.6. The molecule has 2 atom stereocenters. The summed E-state index contributed by atoms with van der Waals surface area (Å²) in [6.07, 6.45) is -4.68. The van der Waals surface area contributed by atoms with Gasteiger partial charge in [-0.1, -0.05) is 0 Å². The number of carbonyl (C=O) groups excluding carboxylic acids is 1. The van der Waals surface area contributed by atoms with Crippen LogP contribution in [0.3, 0.4) is 0 Å². The molecule has 1 saturated heterocycles. The number of anilines is 1. The summed E-state index contributed by atoms with van der Waals surface area (Å²) >= 11 is 1.48. The number of alkyl halides is 3. The van der Waals surface area contributed by atoms with E-state index in [0.29, 0.717) is 5.69 Å². The number of hydrogen-bond donors (Lipinski definition) is 2. The fraction of sp³-hybridized carbons (Fsp3) is 0.353. The first-order valence-corrected chi connectivity index (χ1v) is 8.91. The van der Waals surface area contributed by atoms with E-state index in [0.717, 1.165) is 21.2 Å². The van der Waals surface area contributed by atoms with Gasteiger partial charge in [0.1, 0.15) is 5.01 Å². The van der Waals surface area contributed by atoms with Gasteiger partial charge in [0.25, 0.3) is 0 Å². The molecule has 1 aliphatic rings. The molecule has 0 saturated carbocycles.